The van der Waals surface area contributed by atoms with Gasteiger partial charge in [-0.05, 0) is 55.6 Å². The van der Waals surface area contributed by atoms with Crippen LogP contribution in [0.3, 0.4) is 0 Å². The summed E-state index contributed by atoms with van der Waals surface area (Å²) in [6.07, 6.45) is 0.573. The first-order valence-electron chi connectivity index (χ1n) is 7.27. The second kappa shape index (κ2) is 5.36. The number of nitrogen functional groups attached to an aromatic ring is 1. The first-order chi connectivity index (χ1) is 9.97. The SMILES string of the molecule is NNc1cc(C(F)(F)F)cc(NCC(C2CC2)C2CC2)n1. The predicted octanol–water partition coefficient (Wildman–Crippen LogP) is 3.23. The molecule has 0 aromatic carbocycles. The van der Waals surface area contributed by atoms with Gasteiger partial charge in [-0.15, -0.1) is 0 Å². The minimum absolute atomic E-state index is 0.0155. The van der Waals surface area contributed by atoms with Crippen LogP contribution in [0.15, 0.2) is 12.1 Å². The van der Waals surface area contributed by atoms with Crippen molar-refractivity contribution in [1.82, 2.24) is 4.98 Å². The van der Waals surface area contributed by atoms with Crippen LogP contribution in [0, 0.1) is 17.8 Å². The number of nitrogens with one attached hydrogen (secondary N) is 2. The third-order valence-corrected chi connectivity index (χ3v) is 4.27. The summed E-state index contributed by atoms with van der Waals surface area (Å²) in [6.45, 7) is 0.688. The molecule has 2 aliphatic rings. The number of hydrogen-bond donors (Lipinski definition) is 3. The molecule has 2 aliphatic carbocycles. The molecule has 0 amide bonds. The zero-order valence-corrected chi connectivity index (χ0v) is 11.6. The Kier molecular flexibility index (Phi) is 3.69. The van der Waals surface area contributed by atoms with Crippen molar-refractivity contribution in [2.45, 2.75) is 31.9 Å². The number of nitrogens with two attached hydrogens (primary N) is 1. The summed E-state index contributed by atoms with van der Waals surface area (Å²) in [7, 11) is 0. The molecular weight excluding hydrogens is 281 g/mol. The average molecular weight is 300 g/mol. The fourth-order valence-electron chi connectivity index (χ4n) is 2.85. The van der Waals surface area contributed by atoms with Gasteiger partial charge in [0, 0.05) is 6.54 Å². The lowest BCUT2D eigenvalue weighted by molar-refractivity contribution is -0.137. The maximum absolute atomic E-state index is 12.8. The van der Waals surface area contributed by atoms with E-state index in [9.17, 15) is 13.2 Å². The summed E-state index contributed by atoms with van der Waals surface area (Å²) in [6, 6.07) is 1.95. The summed E-state index contributed by atoms with van der Waals surface area (Å²) in [4.78, 5) is 4.05. The first-order valence-corrected chi connectivity index (χ1v) is 7.27. The van der Waals surface area contributed by atoms with Crippen molar-refractivity contribution in [3.63, 3.8) is 0 Å². The fraction of sp³-hybridized carbons (Fsp3) is 0.643. The fourth-order valence-corrected chi connectivity index (χ4v) is 2.85. The topological polar surface area (TPSA) is 63.0 Å². The van der Waals surface area contributed by atoms with Gasteiger partial charge in [-0.25, -0.2) is 10.8 Å². The Morgan fingerprint density at radius 3 is 2.19 bits per heavy atom. The van der Waals surface area contributed by atoms with E-state index < -0.39 is 11.7 Å². The van der Waals surface area contributed by atoms with Gasteiger partial charge < -0.3 is 10.7 Å². The molecule has 2 fully saturated rings. The van der Waals surface area contributed by atoms with E-state index in [0.717, 1.165) is 24.0 Å². The van der Waals surface area contributed by atoms with Crippen LogP contribution in [0.1, 0.15) is 31.2 Å². The molecule has 2 saturated carbocycles. The second-order valence-corrected chi connectivity index (χ2v) is 5.99. The van der Waals surface area contributed by atoms with Gasteiger partial charge in [-0.3, -0.25) is 0 Å². The highest BCUT2D eigenvalue weighted by Crippen LogP contribution is 2.49. The minimum atomic E-state index is -4.41. The Hall–Kier alpha value is -1.50. The maximum atomic E-state index is 12.8. The summed E-state index contributed by atoms with van der Waals surface area (Å²) in [5.41, 5.74) is 1.44. The molecule has 4 N–H and O–H groups in total. The van der Waals surface area contributed by atoms with E-state index in [1.165, 1.54) is 25.7 Å². The molecule has 0 saturated heterocycles. The van der Waals surface area contributed by atoms with Crippen LogP contribution in [-0.2, 0) is 6.18 Å². The van der Waals surface area contributed by atoms with Crippen LogP contribution in [0.2, 0.25) is 0 Å². The van der Waals surface area contributed by atoms with Crippen molar-refractivity contribution < 1.29 is 13.2 Å². The molecular formula is C14H19F3N4. The molecule has 0 atom stereocenters. The van der Waals surface area contributed by atoms with E-state index in [1.54, 1.807) is 0 Å². The third-order valence-electron chi connectivity index (χ3n) is 4.27. The molecule has 7 heteroatoms. The highest BCUT2D eigenvalue weighted by Gasteiger charge is 2.41. The lowest BCUT2D eigenvalue weighted by Gasteiger charge is -2.18. The normalized spacial score (nSPS) is 18.9. The zero-order chi connectivity index (χ0) is 15.0. The van der Waals surface area contributed by atoms with Crippen LogP contribution in [-0.4, -0.2) is 11.5 Å². The van der Waals surface area contributed by atoms with Gasteiger partial charge >= 0.3 is 6.18 Å². The number of hydrogen-bond acceptors (Lipinski definition) is 4. The van der Waals surface area contributed by atoms with Crippen molar-refractivity contribution in [3.05, 3.63) is 17.7 Å². The Morgan fingerprint density at radius 2 is 1.71 bits per heavy atom. The van der Waals surface area contributed by atoms with E-state index >= 15 is 0 Å². The van der Waals surface area contributed by atoms with E-state index in [0.29, 0.717) is 12.5 Å². The molecule has 0 spiro atoms. The van der Waals surface area contributed by atoms with Crippen molar-refractivity contribution >= 4 is 11.6 Å². The standard InChI is InChI=1S/C14H19F3N4/c15-14(16,17)10-5-12(20-13(6-10)21-18)19-7-11(8-1-2-8)9-3-4-9/h5-6,8-9,11H,1-4,7,18H2,(H2,19,20,21). The van der Waals surface area contributed by atoms with Crippen LogP contribution < -0.4 is 16.6 Å². The molecule has 0 aliphatic heterocycles. The van der Waals surface area contributed by atoms with Gasteiger partial charge in [-0.1, -0.05) is 0 Å². The Bertz CT molecular complexity index is 497. The zero-order valence-electron chi connectivity index (χ0n) is 11.6. The number of aromatic nitrogens is 1. The van der Waals surface area contributed by atoms with Gasteiger partial charge in [-0.2, -0.15) is 13.2 Å². The maximum Gasteiger partial charge on any atom is 0.416 e. The molecule has 4 nitrogen and oxygen atoms in total. The van der Waals surface area contributed by atoms with E-state index in [1.807, 2.05) is 0 Å². The highest BCUT2D eigenvalue weighted by molar-refractivity contribution is 5.49. The Balaban J connectivity index is 1.71. The Morgan fingerprint density at radius 1 is 1.14 bits per heavy atom. The molecule has 21 heavy (non-hydrogen) atoms. The largest absolute Gasteiger partial charge is 0.416 e. The highest BCUT2D eigenvalue weighted by atomic mass is 19.4. The van der Waals surface area contributed by atoms with Gasteiger partial charge in [0.15, 0.2) is 0 Å². The number of anilines is 2. The lowest BCUT2D eigenvalue weighted by Crippen LogP contribution is -2.20. The molecule has 116 valence electrons. The Labute approximate surface area is 121 Å². The van der Waals surface area contributed by atoms with Crippen molar-refractivity contribution in [3.8, 4) is 0 Å². The summed E-state index contributed by atoms with van der Waals surface area (Å²) in [5, 5.41) is 3.07. The van der Waals surface area contributed by atoms with Crippen molar-refractivity contribution in [1.29, 1.82) is 0 Å². The van der Waals surface area contributed by atoms with Crippen molar-refractivity contribution in [2.75, 3.05) is 17.3 Å². The molecule has 1 aromatic heterocycles. The number of alkyl halides is 3. The van der Waals surface area contributed by atoms with E-state index in [4.69, 9.17) is 5.84 Å². The van der Waals surface area contributed by atoms with E-state index in [-0.39, 0.29) is 11.6 Å². The number of hydrazine groups is 1. The minimum Gasteiger partial charge on any atom is -0.370 e. The van der Waals surface area contributed by atoms with Crippen LogP contribution >= 0.6 is 0 Å². The summed E-state index contributed by atoms with van der Waals surface area (Å²) < 4.78 is 38.5. The molecule has 0 radical (unpaired) electrons. The van der Waals surface area contributed by atoms with Crippen molar-refractivity contribution in [2.24, 2.45) is 23.6 Å². The summed E-state index contributed by atoms with van der Waals surface area (Å²) in [5.74, 6) is 7.48. The molecule has 0 unspecified atom stereocenters. The summed E-state index contributed by atoms with van der Waals surface area (Å²) >= 11 is 0. The predicted molar refractivity (Wildman–Crippen MR) is 74.5 cm³/mol. The van der Waals surface area contributed by atoms with Crippen LogP contribution in [0.5, 0.6) is 0 Å². The number of halogens is 3. The first kappa shape index (κ1) is 14.4. The van der Waals surface area contributed by atoms with Gasteiger partial charge in [0.25, 0.3) is 0 Å². The average Bonchev–Trinajstić information content (AvgIpc) is 3.30. The van der Waals surface area contributed by atoms with Crippen LogP contribution in [0.25, 0.3) is 0 Å². The smallest absolute Gasteiger partial charge is 0.370 e. The number of nitrogens with zero attached hydrogens (tertiary/aromatic N) is 1. The van der Waals surface area contributed by atoms with Gasteiger partial charge in [0.2, 0.25) is 0 Å². The van der Waals surface area contributed by atoms with E-state index in [2.05, 4.69) is 15.7 Å². The van der Waals surface area contributed by atoms with Crippen LogP contribution in [0.4, 0.5) is 24.8 Å². The molecule has 3 rings (SSSR count). The second-order valence-electron chi connectivity index (χ2n) is 5.99. The quantitative estimate of drug-likeness (QED) is 0.557. The molecule has 0 bridgehead atoms. The number of rotatable bonds is 6. The van der Waals surface area contributed by atoms with Gasteiger partial charge in [0.05, 0.1) is 5.56 Å². The number of pyridine rings is 1. The lowest BCUT2D eigenvalue weighted by atomic mass is 9.98. The molecule has 1 heterocycles. The monoisotopic (exact) mass is 300 g/mol. The molecule has 1 aromatic rings. The third kappa shape index (κ3) is 3.58. The van der Waals surface area contributed by atoms with Gasteiger partial charge in [0.1, 0.15) is 11.6 Å².